The normalized spacial score (nSPS) is 12.4. The van der Waals surface area contributed by atoms with Gasteiger partial charge in [0.05, 0.1) is 0 Å². The molecule has 0 aliphatic heterocycles. The molecule has 0 bridgehead atoms. The van der Waals surface area contributed by atoms with Gasteiger partial charge in [-0.2, -0.15) is 0 Å². The number of hydroxylamine groups is 1. The van der Waals surface area contributed by atoms with Crippen molar-refractivity contribution in [3.63, 3.8) is 0 Å². The molecule has 0 radical (unpaired) electrons. The molecule has 8 nitrogen and oxygen atoms in total. The first-order chi connectivity index (χ1) is 21.1. The van der Waals surface area contributed by atoms with Crippen LogP contribution in [0.3, 0.4) is 0 Å². The summed E-state index contributed by atoms with van der Waals surface area (Å²) in [6.07, 6.45) is 1.58. The molecule has 238 valence electrons. The molecule has 0 saturated heterocycles. The van der Waals surface area contributed by atoms with E-state index in [1.54, 1.807) is 91.0 Å². The van der Waals surface area contributed by atoms with Gasteiger partial charge in [0.15, 0.2) is 0 Å². The van der Waals surface area contributed by atoms with Gasteiger partial charge in [0, 0.05) is 0 Å². The summed E-state index contributed by atoms with van der Waals surface area (Å²) in [5.41, 5.74) is 1.31. The van der Waals surface area contributed by atoms with E-state index in [9.17, 15) is 27.6 Å². The molecular weight excluding hydrogens is 594 g/mol. The van der Waals surface area contributed by atoms with E-state index < -0.39 is 31.0 Å². The predicted octanol–water partition coefficient (Wildman–Crippen LogP) is 6.06. The van der Waals surface area contributed by atoms with Gasteiger partial charge in [0.1, 0.15) is 0 Å². The van der Waals surface area contributed by atoms with Crippen molar-refractivity contribution in [2.24, 2.45) is 0 Å². The summed E-state index contributed by atoms with van der Waals surface area (Å²) in [6, 6.07) is 24.8. The van der Waals surface area contributed by atoms with Crippen molar-refractivity contribution in [2.75, 3.05) is 12.7 Å². The Morgan fingerprint density at radius 2 is 1.05 bits per heavy atom. The molecule has 0 unspecified atom stereocenters. The van der Waals surface area contributed by atoms with E-state index in [2.05, 4.69) is 5.32 Å². The van der Waals surface area contributed by atoms with E-state index in [0.29, 0.717) is 28.9 Å². The molecule has 3 rings (SSSR count). The van der Waals surface area contributed by atoms with Crippen LogP contribution in [0.25, 0.3) is 0 Å². The zero-order valence-corrected chi connectivity index (χ0v) is 25.3. The van der Waals surface area contributed by atoms with Crippen molar-refractivity contribution in [1.29, 1.82) is 0 Å². The molecule has 12 heteroatoms. The monoisotopic (exact) mass is 633 g/mol. The number of urea groups is 2. The fourth-order valence-electron chi connectivity index (χ4n) is 5.48. The number of hydrogen-bond acceptors (Lipinski definition) is 5. The van der Waals surface area contributed by atoms with E-state index in [4.69, 9.17) is 9.73 Å². The van der Waals surface area contributed by atoms with Crippen molar-refractivity contribution in [1.82, 2.24) is 16.1 Å². The maximum atomic E-state index is 13.9. The number of rotatable bonds is 15. The number of amides is 4. The molecule has 0 atom stereocenters. The molecule has 3 aromatic carbocycles. The third-order valence-corrected chi connectivity index (χ3v) is 13.5. The van der Waals surface area contributed by atoms with Crippen molar-refractivity contribution >= 4 is 40.8 Å². The molecule has 44 heavy (non-hydrogen) atoms. The van der Waals surface area contributed by atoms with Crippen molar-refractivity contribution in [3.8, 4) is 0 Å². The summed E-state index contributed by atoms with van der Waals surface area (Å²) in [5, 5.41) is 14.5. The second kappa shape index (κ2) is 16.2. The zero-order chi connectivity index (χ0) is 31.9. The molecule has 0 aliphatic carbocycles. The van der Waals surface area contributed by atoms with Gasteiger partial charge in [-0.05, 0) is 0 Å². The molecule has 3 aromatic rings. The molecule has 0 fully saturated rings. The molecule has 0 aliphatic rings. The molecule has 0 spiro atoms. The Labute approximate surface area is 255 Å². The first-order valence-electron chi connectivity index (χ1n) is 14.6. The van der Waals surface area contributed by atoms with Crippen LogP contribution in [-0.2, 0) is 9.32 Å². The molecule has 0 heterocycles. The minimum atomic E-state index is -5.17. The van der Waals surface area contributed by atoms with E-state index in [1.165, 1.54) is 5.48 Å². The van der Waals surface area contributed by atoms with Gasteiger partial charge in [0.2, 0.25) is 0 Å². The van der Waals surface area contributed by atoms with E-state index in [1.807, 2.05) is 5.32 Å². The van der Waals surface area contributed by atoms with Gasteiger partial charge in [-0.1, -0.05) is 0 Å². The standard InChI is InChI=1S/C32H39F3N3O5P/c33-32(34,35)29(39)43-44(26-18-10-7-11-19-26,27-20-12-8-13-21-27,28-22-14-9-15-23-28)25-17-6-4-2-1-3-5-16-24-36-30(40)37-31(41)38-42/h7-15,18-23,42H,1-6,16-17,24-25H2,(H3,36,37,38,40,41). The van der Waals surface area contributed by atoms with Crippen molar-refractivity contribution in [3.05, 3.63) is 91.0 Å². The second-order valence-electron chi connectivity index (χ2n) is 10.5. The summed E-state index contributed by atoms with van der Waals surface area (Å²) in [6.45, 7) is -4.05. The quantitative estimate of drug-likeness (QED) is 0.0704. The topological polar surface area (TPSA) is 117 Å². The van der Waals surface area contributed by atoms with Crippen LogP contribution < -0.4 is 32.0 Å². The van der Waals surface area contributed by atoms with Crippen LogP contribution in [0.5, 0.6) is 0 Å². The van der Waals surface area contributed by atoms with Crippen molar-refractivity contribution in [2.45, 2.75) is 57.5 Å². The van der Waals surface area contributed by atoms with Crippen LogP contribution in [-0.4, -0.2) is 42.1 Å². The molecule has 4 N–H and O–H groups in total. The fraction of sp³-hybridized carbons (Fsp3) is 0.344. The molecule has 4 amide bonds. The summed E-state index contributed by atoms with van der Waals surface area (Å²) >= 11 is 0. The van der Waals surface area contributed by atoms with Crippen LogP contribution in [0.1, 0.15) is 51.4 Å². The Hall–Kier alpha value is -3.95. The third kappa shape index (κ3) is 8.57. The average Bonchev–Trinajstić information content (AvgIpc) is 3.03. The third-order valence-electron chi connectivity index (χ3n) is 7.55. The Bertz CT molecular complexity index is 1250. The zero-order valence-electron chi connectivity index (χ0n) is 24.4. The van der Waals surface area contributed by atoms with Crippen LogP contribution in [0, 0.1) is 0 Å². The van der Waals surface area contributed by atoms with Crippen LogP contribution in [0.4, 0.5) is 22.8 Å². The van der Waals surface area contributed by atoms with Gasteiger partial charge in [0.25, 0.3) is 0 Å². The first-order valence-corrected chi connectivity index (χ1v) is 17.0. The van der Waals surface area contributed by atoms with Gasteiger partial charge in [-0.3, -0.25) is 10.5 Å². The van der Waals surface area contributed by atoms with Gasteiger partial charge >= 0.3 is 230 Å². The van der Waals surface area contributed by atoms with E-state index in [-0.39, 0.29) is 6.16 Å². The number of halogens is 3. The summed E-state index contributed by atoms with van der Waals surface area (Å²) in [5.74, 6) is -2.20. The first kappa shape index (κ1) is 34.5. The van der Waals surface area contributed by atoms with Gasteiger partial charge < -0.3 is 0 Å². The van der Waals surface area contributed by atoms with Crippen molar-refractivity contribution < 1.29 is 37.3 Å². The summed E-state index contributed by atoms with van der Waals surface area (Å²) in [7, 11) is 0. The Kier molecular flexibility index (Phi) is 12.7. The number of carbonyl (C=O) groups is 3. The van der Waals surface area contributed by atoms with Crippen LogP contribution in [0.2, 0.25) is 0 Å². The van der Waals surface area contributed by atoms with Crippen LogP contribution >= 0.6 is 6.83 Å². The SMILES string of the molecule is O=C(NO)NC(=O)NCCCCCCCCCCP(OC(=O)C(F)(F)F)(c1ccccc1)(c1ccccc1)c1ccccc1. The molecule has 0 aromatic heterocycles. The van der Waals surface area contributed by atoms with Gasteiger partial charge in [-0.25, -0.2) is 15.1 Å². The van der Waals surface area contributed by atoms with E-state index >= 15 is 0 Å². The molecule has 0 saturated carbocycles. The maximum absolute atomic E-state index is 13.9. The predicted molar refractivity (Wildman–Crippen MR) is 166 cm³/mol. The van der Waals surface area contributed by atoms with Crippen LogP contribution in [0.15, 0.2) is 91.0 Å². The Morgan fingerprint density at radius 3 is 1.45 bits per heavy atom. The van der Waals surface area contributed by atoms with E-state index in [0.717, 1.165) is 44.9 Å². The number of alkyl halides is 3. The number of hydrogen-bond donors (Lipinski definition) is 4. The minimum absolute atomic E-state index is 0.230. The second-order valence-corrected chi connectivity index (χ2v) is 15.1. The number of unbranched alkanes of at least 4 members (excludes halogenated alkanes) is 7. The fourth-order valence-corrected chi connectivity index (χ4v) is 11.3. The Morgan fingerprint density at radius 1 is 0.636 bits per heavy atom. The summed E-state index contributed by atoms with van der Waals surface area (Å²) < 4.78 is 47.8. The number of benzene rings is 3. The number of imide groups is 1. The molecular formula is C32H39F3N3O5P. The number of carbonyl (C=O) groups excluding carboxylic acids is 3. The van der Waals surface area contributed by atoms with Gasteiger partial charge in [-0.15, -0.1) is 0 Å². The number of nitrogens with one attached hydrogen (secondary N) is 3. The Balaban J connectivity index is 1.74. The summed E-state index contributed by atoms with van der Waals surface area (Å²) in [4.78, 5) is 35.1. The average molecular weight is 634 g/mol.